The molecule has 2 aliphatic rings. The maximum Gasteiger partial charge on any atom is 0.234 e. The summed E-state index contributed by atoms with van der Waals surface area (Å²) >= 11 is 3.70. The lowest BCUT2D eigenvalue weighted by atomic mass is 9.93. The van der Waals surface area contributed by atoms with Gasteiger partial charge < -0.3 is 10.6 Å². The lowest BCUT2D eigenvalue weighted by Gasteiger charge is -2.31. The van der Waals surface area contributed by atoms with Crippen molar-refractivity contribution in [3.05, 3.63) is 0 Å². The van der Waals surface area contributed by atoms with E-state index in [0.717, 1.165) is 24.6 Å². The van der Waals surface area contributed by atoms with Crippen LogP contribution in [0, 0.1) is 5.92 Å². The average molecular weight is 274 g/mol. The molecule has 98 valence electrons. The van der Waals surface area contributed by atoms with E-state index in [4.69, 9.17) is 0 Å². The summed E-state index contributed by atoms with van der Waals surface area (Å²) < 4.78 is 0. The molecule has 0 aromatic rings. The summed E-state index contributed by atoms with van der Waals surface area (Å²) in [4.78, 5) is 12.0. The number of hydrogen-bond donors (Lipinski definition) is 2. The Labute approximate surface area is 112 Å². The van der Waals surface area contributed by atoms with Gasteiger partial charge in [-0.15, -0.1) is 11.8 Å². The molecule has 0 aromatic heterocycles. The minimum atomic E-state index is 0.174. The molecule has 1 amide bonds. The Morgan fingerprint density at radius 1 is 1.47 bits per heavy atom. The highest BCUT2D eigenvalue weighted by molar-refractivity contribution is 8.07. The van der Waals surface area contributed by atoms with E-state index >= 15 is 0 Å². The second-order valence-electron chi connectivity index (χ2n) is 4.86. The Morgan fingerprint density at radius 3 is 3.06 bits per heavy atom. The van der Waals surface area contributed by atoms with Gasteiger partial charge in [0.2, 0.25) is 5.91 Å². The van der Waals surface area contributed by atoms with Crippen LogP contribution in [0.2, 0.25) is 0 Å². The fourth-order valence-corrected chi connectivity index (χ4v) is 4.93. The third-order valence-corrected chi connectivity index (χ3v) is 6.29. The summed E-state index contributed by atoms with van der Waals surface area (Å²) in [5, 5.41) is 6.79. The van der Waals surface area contributed by atoms with Crippen LogP contribution in [0.15, 0.2) is 0 Å². The maximum absolute atomic E-state index is 12.0. The topological polar surface area (TPSA) is 41.1 Å². The Hall–Kier alpha value is 0.130. The Bertz CT molecular complexity index is 257. The van der Waals surface area contributed by atoms with Gasteiger partial charge in [-0.25, -0.2) is 0 Å². The van der Waals surface area contributed by atoms with E-state index in [-0.39, 0.29) is 11.2 Å². The smallest absolute Gasteiger partial charge is 0.234 e. The number of carbonyl (C=O) groups is 1. The number of rotatable bonds is 3. The van der Waals surface area contributed by atoms with Crippen LogP contribution in [-0.4, -0.2) is 47.5 Å². The fraction of sp³-hybridized carbons (Fsp3) is 0.917. The van der Waals surface area contributed by atoms with E-state index < -0.39 is 0 Å². The van der Waals surface area contributed by atoms with E-state index in [1.54, 1.807) is 11.8 Å². The fourth-order valence-electron chi connectivity index (χ4n) is 2.35. The van der Waals surface area contributed by atoms with Gasteiger partial charge in [0.1, 0.15) is 0 Å². The first-order chi connectivity index (χ1) is 8.27. The maximum atomic E-state index is 12.0. The van der Waals surface area contributed by atoms with E-state index in [1.807, 2.05) is 11.8 Å². The van der Waals surface area contributed by atoms with Crippen molar-refractivity contribution in [2.24, 2.45) is 5.92 Å². The molecule has 0 radical (unpaired) electrons. The third kappa shape index (κ3) is 4.07. The van der Waals surface area contributed by atoms with E-state index in [9.17, 15) is 4.79 Å². The number of thioether (sulfide) groups is 2. The predicted octanol–water partition coefficient (Wildman–Crippen LogP) is 1.34. The molecule has 0 aliphatic carbocycles. The summed E-state index contributed by atoms with van der Waals surface area (Å²) in [6.45, 7) is 4.16. The first-order valence-corrected chi connectivity index (χ1v) is 8.68. The van der Waals surface area contributed by atoms with Crippen LogP contribution in [0.4, 0.5) is 0 Å². The average Bonchev–Trinajstić information content (AvgIpc) is 2.38. The SMILES string of the molecule is C[C@@H]1CCCN[C@H]1CNC(=O)[C@H]1CSCCS1. The van der Waals surface area contributed by atoms with Gasteiger partial charge in [-0.2, -0.15) is 11.8 Å². The van der Waals surface area contributed by atoms with Crippen LogP contribution in [0.25, 0.3) is 0 Å². The quantitative estimate of drug-likeness (QED) is 0.815. The van der Waals surface area contributed by atoms with Crippen molar-refractivity contribution >= 4 is 29.4 Å². The van der Waals surface area contributed by atoms with Crippen LogP contribution < -0.4 is 10.6 Å². The zero-order valence-electron chi connectivity index (χ0n) is 10.4. The highest BCUT2D eigenvalue weighted by Crippen LogP contribution is 2.24. The standard InChI is InChI=1S/C12H22N2OS2/c1-9-3-2-4-13-10(9)7-14-12(15)11-8-16-5-6-17-11/h9-11,13H,2-8H2,1H3,(H,14,15)/t9-,10+,11-/m1/s1. The summed E-state index contributed by atoms with van der Waals surface area (Å²) in [6.07, 6.45) is 2.54. The molecule has 2 saturated heterocycles. The van der Waals surface area contributed by atoms with Crippen molar-refractivity contribution in [2.75, 3.05) is 30.3 Å². The van der Waals surface area contributed by atoms with E-state index in [0.29, 0.717) is 12.0 Å². The van der Waals surface area contributed by atoms with Crippen molar-refractivity contribution in [1.29, 1.82) is 0 Å². The minimum Gasteiger partial charge on any atom is -0.354 e. The van der Waals surface area contributed by atoms with Crippen LogP contribution in [0.5, 0.6) is 0 Å². The molecule has 2 N–H and O–H groups in total. The normalized spacial score (nSPS) is 34.3. The molecule has 2 aliphatic heterocycles. The number of hydrogen-bond acceptors (Lipinski definition) is 4. The van der Waals surface area contributed by atoms with Gasteiger partial charge in [0.15, 0.2) is 0 Å². The lowest BCUT2D eigenvalue weighted by Crippen LogP contribution is -2.49. The van der Waals surface area contributed by atoms with Crippen LogP contribution in [0.1, 0.15) is 19.8 Å². The summed E-state index contributed by atoms with van der Waals surface area (Å²) in [5.74, 6) is 4.19. The highest BCUT2D eigenvalue weighted by Gasteiger charge is 2.25. The molecule has 3 nitrogen and oxygen atoms in total. The lowest BCUT2D eigenvalue weighted by molar-refractivity contribution is -0.120. The molecule has 17 heavy (non-hydrogen) atoms. The largest absolute Gasteiger partial charge is 0.354 e. The molecular formula is C12H22N2OS2. The van der Waals surface area contributed by atoms with Gasteiger partial charge in [0.05, 0.1) is 5.25 Å². The van der Waals surface area contributed by atoms with Gasteiger partial charge in [-0.3, -0.25) is 4.79 Å². The Morgan fingerprint density at radius 2 is 2.35 bits per heavy atom. The Balaban J connectivity index is 1.71. The van der Waals surface area contributed by atoms with Crippen LogP contribution in [-0.2, 0) is 4.79 Å². The number of piperidine rings is 1. The molecule has 5 heteroatoms. The molecule has 0 saturated carbocycles. The zero-order valence-corrected chi connectivity index (χ0v) is 12.0. The first kappa shape index (κ1) is 13.6. The van der Waals surface area contributed by atoms with Gasteiger partial charge in [-0.05, 0) is 25.3 Å². The molecular weight excluding hydrogens is 252 g/mol. The number of carbonyl (C=O) groups excluding carboxylic acids is 1. The van der Waals surface area contributed by atoms with Crippen LogP contribution >= 0.6 is 23.5 Å². The summed E-state index contributed by atoms with van der Waals surface area (Å²) in [5.41, 5.74) is 0. The summed E-state index contributed by atoms with van der Waals surface area (Å²) in [6, 6.07) is 0.467. The molecule has 0 bridgehead atoms. The van der Waals surface area contributed by atoms with Gasteiger partial charge >= 0.3 is 0 Å². The van der Waals surface area contributed by atoms with Crippen molar-refractivity contribution in [3.8, 4) is 0 Å². The second-order valence-corrected chi connectivity index (χ2v) is 7.32. The molecule has 0 unspecified atom stereocenters. The second kappa shape index (κ2) is 6.90. The Kier molecular flexibility index (Phi) is 5.50. The van der Waals surface area contributed by atoms with E-state index in [2.05, 4.69) is 17.6 Å². The molecule has 2 fully saturated rings. The molecule has 0 aromatic carbocycles. The predicted molar refractivity (Wildman–Crippen MR) is 76.8 cm³/mol. The summed E-state index contributed by atoms with van der Waals surface area (Å²) in [7, 11) is 0. The molecule has 0 spiro atoms. The van der Waals surface area contributed by atoms with Gasteiger partial charge in [0, 0.05) is 29.8 Å². The van der Waals surface area contributed by atoms with Gasteiger partial charge in [0.25, 0.3) is 0 Å². The minimum absolute atomic E-state index is 0.174. The van der Waals surface area contributed by atoms with Crippen LogP contribution in [0.3, 0.4) is 0 Å². The first-order valence-electron chi connectivity index (χ1n) is 6.48. The van der Waals surface area contributed by atoms with Crippen molar-refractivity contribution < 1.29 is 4.79 Å². The number of nitrogens with one attached hydrogen (secondary N) is 2. The zero-order chi connectivity index (χ0) is 12.1. The highest BCUT2D eigenvalue weighted by atomic mass is 32.2. The van der Waals surface area contributed by atoms with Gasteiger partial charge in [-0.1, -0.05) is 6.92 Å². The monoisotopic (exact) mass is 274 g/mol. The van der Waals surface area contributed by atoms with E-state index in [1.165, 1.54) is 18.6 Å². The number of amides is 1. The van der Waals surface area contributed by atoms with Crippen molar-refractivity contribution in [3.63, 3.8) is 0 Å². The third-order valence-electron chi connectivity index (χ3n) is 3.53. The van der Waals surface area contributed by atoms with Crippen molar-refractivity contribution in [1.82, 2.24) is 10.6 Å². The molecule has 2 rings (SSSR count). The molecule has 3 atom stereocenters. The van der Waals surface area contributed by atoms with Crippen molar-refractivity contribution in [2.45, 2.75) is 31.1 Å². The molecule has 2 heterocycles.